The number of carbonyl (C=O) groups is 1. The first kappa shape index (κ1) is 13.9. The fourth-order valence-electron chi connectivity index (χ4n) is 2.15. The second-order valence-corrected chi connectivity index (χ2v) is 5.39. The van der Waals surface area contributed by atoms with Crippen LogP contribution in [0.2, 0.25) is 0 Å². The second kappa shape index (κ2) is 4.89. The number of aryl methyl sites for hydroxylation is 1. The summed E-state index contributed by atoms with van der Waals surface area (Å²) in [5.41, 5.74) is -0.728. The van der Waals surface area contributed by atoms with Gasteiger partial charge in [0.2, 0.25) is 0 Å². The number of rotatable bonds is 4. The number of aliphatic hydroxyl groups excluding tert-OH is 1. The van der Waals surface area contributed by atoms with E-state index in [4.69, 9.17) is 0 Å². The van der Waals surface area contributed by atoms with Gasteiger partial charge >= 0.3 is 0 Å². The van der Waals surface area contributed by atoms with Crippen LogP contribution in [-0.2, 0) is 0 Å². The van der Waals surface area contributed by atoms with Crippen molar-refractivity contribution in [3.63, 3.8) is 0 Å². The lowest BCUT2D eigenvalue weighted by atomic mass is 9.96. The van der Waals surface area contributed by atoms with Crippen LogP contribution in [0, 0.1) is 24.5 Å². The molecule has 2 rings (SSSR count). The molecule has 3 nitrogen and oxygen atoms in total. The first-order valence-corrected chi connectivity index (χ1v) is 6.26. The van der Waals surface area contributed by atoms with Gasteiger partial charge in [-0.05, 0) is 44.2 Å². The van der Waals surface area contributed by atoms with Gasteiger partial charge in [0.1, 0.15) is 11.6 Å². The fraction of sp³-hybridized carbons (Fsp3) is 0.500. The summed E-state index contributed by atoms with van der Waals surface area (Å²) >= 11 is 0. The molecule has 5 heteroatoms. The maximum atomic E-state index is 13.6. The van der Waals surface area contributed by atoms with Crippen LogP contribution in [0.5, 0.6) is 0 Å². The number of halogens is 2. The third-order valence-corrected chi connectivity index (χ3v) is 3.70. The minimum atomic E-state index is -0.892. The van der Waals surface area contributed by atoms with Crippen molar-refractivity contribution in [2.75, 3.05) is 6.61 Å². The van der Waals surface area contributed by atoms with Crippen LogP contribution in [-0.4, -0.2) is 23.2 Å². The molecule has 0 radical (unpaired) electrons. The van der Waals surface area contributed by atoms with Crippen molar-refractivity contribution < 1.29 is 18.7 Å². The molecule has 1 aromatic carbocycles. The zero-order valence-electron chi connectivity index (χ0n) is 11.0. The topological polar surface area (TPSA) is 49.3 Å². The van der Waals surface area contributed by atoms with Gasteiger partial charge in [0, 0.05) is 6.07 Å². The van der Waals surface area contributed by atoms with Crippen LogP contribution in [0.25, 0.3) is 0 Å². The molecule has 0 heterocycles. The highest BCUT2D eigenvalue weighted by Gasteiger charge is 2.42. The molecule has 0 aliphatic heterocycles. The fourth-order valence-corrected chi connectivity index (χ4v) is 2.15. The van der Waals surface area contributed by atoms with E-state index in [0.29, 0.717) is 6.07 Å². The van der Waals surface area contributed by atoms with E-state index in [1.807, 2.05) is 0 Å². The monoisotopic (exact) mass is 269 g/mol. The van der Waals surface area contributed by atoms with Crippen molar-refractivity contribution in [2.24, 2.45) is 5.92 Å². The van der Waals surface area contributed by atoms with E-state index >= 15 is 0 Å². The van der Waals surface area contributed by atoms with Gasteiger partial charge in [0.05, 0.1) is 17.7 Å². The molecule has 1 amide bonds. The number of aliphatic hydroxyl groups is 1. The third kappa shape index (κ3) is 2.76. The van der Waals surface area contributed by atoms with Gasteiger partial charge in [-0.1, -0.05) is 0 Å². The number of benzene rings is 1. The SMILES string of the molecule is Cc1cc(C(=O)NC(C)(CO)C2CC2)c(F)cc1F. The van der Waals surface area contributed by atoms with E-state index in [1.165, 1.54) is 13.0 Å². The summed E-state index contributed by atoms with van der Waals surface area (Å²) in [5.74, 6) is -1.98. The standard InChI is InChI=1S/C14H17F2NO2/c1-8-5-10(12(16)6-11(8)15)13(19)17-14(2,7-18)9-3-4-9/h5-6,9,18H,3-4,7H2,1-2H3,(H,17,19). The lowest BCUT2D eigenvalue weighted by Crippen LogP contribution is -2.51. The summed E-state index contributed by atoms with van der Waals surface area (Å²) < 4.78 is 26.8. The van der Waals surface area contributed by atoms with E-state index in [1.54, 1.807) is 6.92 Å². The van der Waals surface area contributed by atoms with Gasteiger partial charge < -0.3 is 10.4 Å². The molecule has 1 aliphatic carbocycles. The summed E-state index contributed by atoms with van der Waals surface area (Å²) in [6.45, 7) is 3.00. The number of hydrogen-bond donors (Lipinski definition) is 2. The van der Waals surface area contributed by atoms with Crippen molar-refractivity contribution in [3.8, 4) is 0 Å². The van der Waals surface area contributed by atoms with Crippen LogP contribution < -0.4 is 5.32 Å². The minimum absolute atomic E-state index is 0.195. The van der Waals surface area contributed by atoms with E-state index < -0.39 is 23.1 Å². The Morgan fingerprint density at radius 2 is 2.05 bits per heavy atom. The van der Waals surface area contributed by atoms with Gasteiger partial charge in [-0.3, -0.25) is 4.79 Å². The highest BCUT2D eigenvalue weighted by Crippen LogP contribution is 2.39. The molecule has 0 bridgehead atoms. The first-order chi connectivity index (χ1) is 8.87. The molecule has 104 valence electrons. The zero-order chi connectivity index (χ0) is 14.2. The van der Waals surface area contributed by atoms with Gasteiger partial charge in [0.15, 0.2) is 0 Å². The van der Waals surface area contributed by atoms with Crippen LogP contribution in [0.4, 0.5) is 8.78 Å². The lowest BCUT2D eigenvalue weighted by Gasteiger charge is -2.28. The number of nitrogens with one attached hydrogen (secondary N) is 1. The molecule has 1 fully saturated rings. The normalized spacial score (nSPS) is 17.9. The number of carbonyl (C=O) groups excluding carboxylic acids is 1. The molecule has 1 atom stereocenters. The number of hydrogen-bond acceptors (Lipinski definition) is 2. The van der Waals surface area contributed by atoms with Gasteiger partial charge in [-0.2, -0.15) is 0 Å². The van der Waals surface area contributed by atoms with Crippen LogP contribution in [0.15, 0.2) is 12.1 Å². The summed E-state index contributed by atoms with van der Waals surface area (Å²) in [4.78, 5) is 12.1. The van der Waals surface area contributed by atoms with Crippen LogP contribution in [0.3, 0.4) is 0 Å². The Balaban J connectivity index is 2.22. The van der Waals surface area contributed by atoms with E-state index in [0.717, 1.165) is 12.8 Å². The lowest BCUT2D eigenvalue weighted by molar-refractivity contribution is 0.0820. The summed E-state index contributed by atoms with van der Waals surface area (Å²) in [5, 5.41) is 12.0. The molecule has 1 unspecified atom stereocenters. The maximum absolute atomic E-state index is 13.6. The Bertz CT molecular complexity index is 514. The highest BCUT2D eigenvalue weighted by atomic mass is 19.1. The summed E-state index contributed by atoms with van der Waals surface area (Å²) in [6.07, 6.45) is 1.87. The Labute approximate surface area is 110 Å². The van der Waals surface area contributed by atoms with Crippen molar-refractivity contribution in [1.29, 1.82) is 0 Å². The molecule has 1 aliphatic rings. The Morgan fingerprint density at radius 1 is 1.42 bits per heavy atom. The van der Waals surface area contributed by atoms with E-state index in [-0.39, 0.29) is 23.7 Å². The largest absolute Gasteiger partial charge is 0.394 e. The minimum Gasteiger partial charge on any atom is -0.394 e. The quantitative estimate of drug-likeness (QED) is 0.880. The molecule has 19 heavy (non-hydrogen) atoms. The second-order valence-electron chi connectivity index (χ2n) is 5.39. The number of amides is 1. The predicted octanol–water partition coefficient (Wildman–Crippen LogP) is 2.16. The van der Waals surface area contributed by atoms with Gasteiger partial charge in [-0.15, -0.1) is 0 Å². The molecule has 2 N–H and O–H groups in total. The highest BCUT2D eigenvalue weighted by molar-refractivity contribution is 5.95. The first-order valence-electron chi connectivity index (χ1n) is 6.26. The molecular weight excluding hydrogens is 252 g/mol. The van der Waals surface area contributed by atoms with E-state index in [2.05, 4.69) is 5.32 Å². The zero-order valence-corrected chi connectivity index (χ0v) is 11.0. The third-order valence-electron chi connectivity index (χ3n) is 3.70. The smallest absolute Gasteiger partial charge is 0.254 e. The summed E-state index contributed by atoms with van der Waals surface area (Å²) in [6, 6.07) is 1.89. The summed E-state index contributed by atoms with van der Waals surface area (Å²) in [7, 11) is 0. The van der Waals surface area contributed by atoms with E-state index in [9.17, 15) is 18.7 Å². The Kier molecular flexibility index (Phi) is 3.58. The molecule has 0 saturated heterocycles. The van der Waals surface area contributed by atoms with Crippen molar-refractivity contribution in [2.45, 2.75) is 32.2 Å². The van der Waals surface area contributed by atoms with Gasteiger partial charge in [-0.25, -0.2) is 8.78 Å². The van der Waals surface area contributed by atoms with Crippen molar-refractivity contribution >= 4 is 5.91 Å². The molecule has 0 spiro atoms. The Hall–Kier alpha value is -1.49. The maximum Gasteiger partial charge on any atom is 0.254 e. The van der Waals surface area contributed by atoms with Crippen molar-refractivity contribution in [1.82, 2.24) is 5.32 Å². The molecule has 0 aromatic heterocycles. The molecule has 1 aromatic rings. The molecular formula is C14H17F2NO2. The predicted molar refractivity (Wildman–Crippen MR) is 66.8 cm³/mol. The van der Waals surface area contributed by atoms with Crippen LogP contribution in [0.1, 0.15) is 35.7 Å². The van der Waals surface area contributed by atoms with Gasteiger partial charge in [0.25, 0.3) is 5.91 Å². The Morgan fingerprint density at radius 3 is 2.58 bits per heavy atom. The average molecular weight is 269 g/mol. The van der Waals surface area contributed by atoms with Crippen LogP contribution >= 0.6 is 0 Å². The molecule has 1 saturated carbocycles. The van der Waals surface area contributed by atoms with Crippen molar-refractivity contribution in [3.05, 3.63) is 34.9 Å². The average Bonchev–Trinajstić information content (AvgIpc) is 3.17.